The van der Waals surface area contributed by atoms with E-state index in [1.807, 2.05) is 0 Å². The highest BCUT2D eigenvalue weighted by molar-refractivity contribution is 5.79. The quantitative estimate of drug-likeness (QED) is 0.399. The van der Waals surface area contributed by atoms with E-state index in [1.165, 1.54) is 7.05 Å². The van der Waals surface area contributed by atoms with E-state index in [1.54, 1.807) is 24.3 Å². The third-order valence-corrected chi connectivity index (χ3v) is 4.69. The molecule has 2 unspecified atom stereocenters. The summed E-state index contributed by atoms with van der Waals surface area (Å²) in [6.45, 7) is -1.16. The molecule has 0 bridgehead atoms. The molecule has 29 heavy (non-hydrogen) atoms. The Kier molecular flexibility index (Phi) is 8.18. The number of hydrogen-bond acceptors (Lipinski definition) is 2. The topological polar surface area (TPSA) is 45.7 Å². The lowest BCUT2D eigenvalue weighted by Gasteiger charge is -2.31. The largest absolute Gasteiger partial charge is 0.411 e. The highest BCUT2D eigenvalue weighted by atomic mass is 19.4. The van der Waals surface area contributed by atoms with Gasteiger partial charge in [0.2, 0.25) is 0 Å². The van der Waals surface area contributed by atoms with Crippen LogP contribution < -0.4 is 10.6 Å². The van der Waals surface area contributed by atoms with Crippen LogP contribution >= 0.6 is 0 Å². The van der Waals surface area contributed by atoms with Crippen LogP contribution in [-0.4, -0.2) is 38.0 Å². The van der Waals surface area contributed by atoms with Gasteiger partial charge in [-0.2, -0.15) is 26.3 Å². The minimum atomic E-state index is -4.37. The summed E-state index contributed by atoms with van der Waals surface area (Å²) in [4.78, 5) is 4.05. The summed E-state index contributed by atoms with van der Waals surface area (Å²) < 4.78 is 79.9. The fourth-order valence-corrected chi connectivity index (χ4v) is 3.31. The standard InChI is InChI=1S/C19H25F6N3O/c1-26-17(28-16-7-3-6-15(9-16)19(23,24)25)27-10-13-4-2-5-14(8-13)11-29-12-18(20,21)22/h2,4-5,8,15-16H,3,6-7,9-12H2,1H3,(H2,26,27,28). The number of nitrogens with one attached hydrogen (secondary N) is 2. The molecular formula is C19H25F6N3O. The van der Waals surface area contributed by atoms with Crippen LogP contribution in [0.3, 0.4) is 0 Å². The molecule has 2 N–H and O–H groups in total. The molecule has 0 aliphatic heterocycles. The van der Waals surface area contributed by atoms with E-state index >= 15 is 0 Å². The molecule has 0 saturated heterocycles. The zero-order valence-corrected chi connectivity index (χ0v) is 16.0. The van der Waals surface area contributed by atoms with Gasteiger partial charge in [0.1, 0.15) is 6.61 Å². The molecule has 0 heterocycles. The van der Waals surface area contributed by atoms with Gasteiger partial charge in [-0.05, 0) is 30.4 Å². The number of rotatable bonds is 6. The molecule has 0 amide bonds. The van der Waals surface area contributed by atoms with Gasteiger partial charge < -0.3 is 15.4 Å². The number of halogens is 6. The maximum Gasteiger partial charge on any atom is 0.411 e. The summed E-state index contributed by atoms with van der Waals surface area (Å²) in [5, 5.41) is 6.06. The smallest absolute Gasteiger partial charge is 0.367 e. The van der Waals surface area contributed by atoms with E-state index in [-0.39, 0.29) is 25.5 Å². The summed E-state index contributed by atoms with van der Waals surface area (Å²) in [5.41, 5.74) is 1.38. The second kappa shape index (κ2) is 10.2. The van der Waals surface area contributed by atoms with Crippen LogP contribution in [0.15, 0.2) is 29.3 Å². The molecule has 1 aromatic rings. The van der Waals surface area contributed by atoms with Gasteiger partial charge >= 0.3 is 12.4 Å². The number of alkyl halides is 6. The van der Waals surface area contributed by atoms with Gasteiger partial charge in [0, 0.05) is 19.6 Å². The van der Waals surface area contributed by atoms with Crippen molar-refractivity contribution in [3.8, 4) is 0 Å². The number of benzene rings is 1. The average Bonchev–Trinajstić information content (AvgIpc) is 2.64. The summed E-state index contributed by atoms with van der Waals surface area (Å²) in [7, 11) is 1.53. The number of guanidine groups is 1. The first-order chi connectivity index (χ1) is 13.6. The molecule has 10 heteroatoms. The number of ether oxygens (including phenoxy) is 1. The first-order valence-electron chi connectivity index (χ1n) is 9.33. The number of nitrogens with zero attached hydrogens (tertiary/aromatic N) is 1. The molecule has 1 aromatic carbocycles. The number of hydrogen-bond donors (Lipinski definition) is 2. The molecule has 1 fully saturated rings. The van der Waals surface area contributed by atoms with Crippen molar-refractivity contribution in [2.75, 3.05) is 13.7 Å². The van der Waals surface area contributed by atoms with Gasteiger partial charge in [0.25, 0.3) is 0 Å². The number of aliphatic imine (C=N–C) groups is 1. The second-order valence-corrected chi connectivity index (χ2v) is 7.10. The Morgan fingerprint density at radius 3 is 2.52 bits per heavy atom. The van der Waals surface area contributed by atoms with E-state index in [4.69, 9.17) is 0 Å². The molecule has 1 saturated carbocycles. The minimum absolute atomic E-state index is 0.0101. The lowest BCUT2D eigenvalue weighted by molar-refractivity contribution is -0.183. The van der Waals surface area contributed by atoms with Crippen molar-refractivity contribution in [3.05, 3.63) is 35.4 Å². The van der Waals surface area contributed by atoms with Crippen LogP contribution in [0.25, 0.3) is 0 Å². The summed E-state index contributed by atoms with van der Waals surface area (Å²) >= 11 is 0. The highest BCUT2D eigenvalue weighted by Gasteiger charge is 2.42. The molecule has 2 atom stereocenters. The molecular weight excluding hydrogens is 400 g/mol. The van der Waals surface area contributed by atoms with E-state index in [9.17, 15) is 26.3 Å². The van der Waals surface area contributed by atoms with Crippen molar-refractivity contribution in [2.45, 2.75) is 57.2 Å². The predicted octanol–water partition coefficient (Wildman–Crippen LogP) is 4.55. The van der Waals surface area contributed by atoms with Gasteiger partial charge in [-0.3, -0.25) is 4.99 Å². The Morgan fingerprint density at radius 1 is 1.14 bits per heavy atom. The van der Waals surface area contributed by atoms with Crippen LogP contribution in [-0.2, 0) is 17.9 Å². The van der Waals surface area contributed by atoms with Gasteiger partial charge in [-0.1, -0.05) is 30.7 Å². The Balaban J connectivity index is 1.84. The lowest BCUT2D eigenvalue weighted by Crippen LogP contribution is -2.46. The first-order valence-corrected chi connectivity index (χ1v) is 9.33. The van der Waals surface area contributed by atoms with E-state index in [0.29, 0.717) is 30.9 Å². The lowest BCUT2D eigenvalue weighted by atomic mass is 9.85. The van der Waals surface area contributed by atoms with Crippen LogP contribution in [0.4, 0.5) is 26.3 Å². The highest BCUT2D eigenvalue weighted by Crippen LogP contribution is 2.37. The molecule has 0 aromatic heterocycles. The van der Waals surface area contributed by atoms with Crippen molar-refractivity contribution >= 4 is 5.96 Å². The molecule has 0 spiro atoms. The predicted molar refractivity (Wildman–Crippen MR) is 97.3 cm³/mol. The zero-order valence-electron chi connectivity index (χ0n) is 16.0. The molecule has 0 radical (unpaired) electrons. The molecule has 2 rings (SSSR count). The van der Waals surface area contributed by atoms with Crippen LogP contribution in [0.5, 0.6) is 0 Å². The second-order valence-electron chi connectivity index (χ2n) is 7.10. The third kappa shape index (κ3) is 8.51. The van der Waals surface area contributed by atoms with Gasteiger partial charge in [0.15, 0.2) is 5.96 Å². The average molecular weight is 425 g/mol. The summed E-state index contributed by atoms with van der Waals surface area (Å²) in [5.74, 6) is -0.920. The Labute approximate surface area is 165 Å². The van der Waals surface area contributed by atoms with Gasteiger partial charge in [0.05, 0.1) is 12.5 Å². The van der Waals surface area contributed by atoms with Crippen LogP contribution in [0.1, 0.15) is 36.8 Å². The van der Waals surface area contributed by atoms with Crippen LogP contribution in [0.2, 0.25) is 0 Å². The third-order valence-electron chi connectivity index (χ3n) is 4.69. The molecule has 1 aliphatic carbocycles. The van der Waals surface area contributed by atoms with Crippen molar-refractivity contribution < 1.29 is 31.1 Å². The van der Waals surface area contributed by atoms with Gasteiger partial charge in [-0.25, -0.2) is 0 Å². The summed E-state index contributed by atoms with van der Waals surface area (Å²) in [6.07, 6.45) is -7.27. The van der Waals surface area contributed by atoms with Crippen molar-refractivity contribution in [3.63, 3.8) is 0 Å². The zero-order chi connectivity index (χ0) is 21.5. The van der Waals surface area contributed by atoms with Crippen molar-refractivity contribution in [2.24, 2.45) is 10.9 Å². The molecule has 4 nitrogen and oxygen atoms in total. The maximum absolute atomic E-state index is 12.9. The van der Waals surface area contributed by atoms with Crippen molar-refractivity contribution in [1.82, 2.24) is 10.6 Å². The normalized spacial score (nSPS) is 21.1. The minimum Gasteiger partial charge on any atom is -0.367 e. The van der Waals surface area contributed by atoms with Crippen LogP contribution in [0, 0.1) is 5.92 Å². The summed E-state index contributed by atoms with van der Waals surface area (Å²) in [6, 6.07) is 6.54. The molecule has 1 aliphatic rings. The maximum atomic E-state index is 12.9. The monoisotopic (exact) mass is 425 g/mol. The fraction of sp³-hybridized carbons (Fsp3) is 0.632. The Bertz CT molecular complexity index is 675. The first kappa shape index (κ1) is 23.3. The Hall–Kier alpha value is -1.97. The van der Waals surface area contributed by atoms with Gasteiger partial charge in [-0.15, -0.1) is 0 Å². The van der Waals surface area contributed by atoms with E-state index in [0.717, 1.165) is 5.56 Å². The fourth-order valence-electron chi connectivity index (χ4n) is 3.31. The van der Waals surface area contributed by atoms with Crippen molar-refractivity contribution in [1.29, 1.82) is 0 Å². The Morgan fingerprint density at radius 2 is 1.86 bits per heavy atom. The molecule has 164 valence electrons. The SMILES string of the molecule is CN=C(NCc1cccc(COCC(F)(F)F)c1)NC1CCCC(C(F)(F)F)C1. The van der Waals surface area contributed by atoms with E-state index in [2.05, 4.69) is 20.4 Å². The van der Waals surface area contributed by atoms with E-state index < -0.39 is 24.9 Å².